The Morgan fingerprint density at radius 1 is 1.33 bits per heavy atom. The molecular weight excluding hydrogens is 310 g/mol. The molecule has 0 unspecified atom stereocenters. The van der Waals surface area contributed by atoms with Gasteiger partial charge in [0.2, 0.25) is 12.5 Å². The average molecular weight is 331 g/mol. The van der Waals surface area contributed by atoms with Crippen molar-refractivity contribution in [1.29, 1.82) is 0 Å². The van der Waals surface area contributed by atoms with Crippen molar-refractivity contribution in [2.45, 2.75) is 37.2 Å². The summed E-state index contributed by atoms with van der Waals surface area (Å²) >= 11 is 0. The topological polar surface area (TPSA) is 60.4 Å². The van der Waals surface area contributed by atoms with Gasteiger partial charge in [-0.1, -0.05) is 11.6 Å². The summed E-state index contributed by atoms with van der Waals surface area (Å²) in [5.74, 6) is 2.05. The Morgan fingerprint density at radius 3 is 3.04 bits per heavy atom. The van der Waals surface area contributed by atoms with E-state index in [1.807, 2.05) is 6.07 Å². The van der Waals surface area contributed by atoms with Crippen LogP contribution in [0.1, 0.15) is 36.2 Å². The maximum atomic E-state index is 10.5. The number of fused-ring (bicyclic) bond motifs is 6. The van der Waals surface area contributed by atoms with Gasteiger partial charge in [0.1, 0.15) is 0 Å². The first-order valence-electron chi connectivity index (χ1n) is 8.42. The highest BCUT2D eigenvalue weighted by Crippen LogP contribution is 2.56. The fourth-order valence-corrected chi connectivity index (χ4v) is 4.74. The highest BCUT2D eigenvalue weighted by Gasteiger charge is 2.49. The first-order valence-corrected chi connectivity index (χ1v) is 8.42. The van der Waals surface area contributed by atoms with Crippen molar-refractivity contribution < 1.29 is 24.1 Å². The molecule has 1 N–H and O–H groups in total. The second-order valence-electron chi connectivity index (χ2n) is 6.89. The van der Waals surface area contributed by atoms with E-state index in [2.05, 4.69) is 18.0 Å². The van der Waals surface area contributed by atoms with E-state index >= 15 is 0 Å². The number of likely N-dealkylation sites (N-methyl/N-ethyl adjacent to an activating group) is 1. The molecule has 3 aliphatic heterocycles. The van der Waals surface area contributed by atoms with Gasteiger partial charge in [0.25, 0.3) is 0 Å². The molecule has 24 heavy (non-hydrogen) atoms. The lowest BCUT2D eigenvalue weighted by atomic mass is 9.74. The van der Waals surface area contributed by atoms with Crippen LogP contribution in [0.5, 0.6) is 17.2 Å². The standard InChI is InChI=1S/C18H21NO5/c1-19-6-5-9-3-4-11-14(15(9)19)13-10(18(20)24-11)7-12-16(17(13)21-2)23-8-22-12/h3,7,11,14-15,18,20H,4-6,8H2,1-2H3/t11-,14+,15-,18-/m1/s1. The largest absolute Gasteiger partial charge is 0.492 e. The van der Waals surface area contributed by atoms with Crippen molar-refractivity contribution in [3.05, 3.63) is 28.8 Å². The number of nitrogens with zero attached hydrogens (tertiary/aromatic N) is 1. The van der Waals surface area contributed by atoms with Crippen LogP contribution in [0.25, 0.3) is 0 Å². The van der Waals surface area contributed by atoms with Gasteiger partial charge in [-0.3, -0.25) is 4.90 Å². The fraction of sp³-hybridized carbons (Fsp3) is 0.556. The molecule has 1 saturated heterocycles. The Hall–Kier alpha value is -1.76. The minimum atomic E-state index is -0.966. The number of likely N-dealkylation sites (tertiary alicyclic amines) is 1. The van der Waals surface area contributed by atoms with Crippen molar-refractivity contribution in [3.8, 4) is 17.2 Å². The van der Waals surface area contributed by atoms with Crippen LogP contribution in [-0.4, -0.2) is 49.6 Å². The number of methoxy groups -OCH3 is 1. The van der Waals surface area contributed by atoms with Crippen LogP contribution in [0.15, 0.2) is 17.7 Å². The molecule has 5 rings (SSSR count). The van der Waals surface area contributed by atoms with E-state index in [0.717, 1.165) is 30.5 Å². The predicted octanol–water partition coefficient (Wildman–Crippen LogP) is 1.93. The molecule has 4 atom stereocenters. The predicted molar refractivity (Wildman–Crippen MR) is 85.4 cm³/mol. The third-order valence-electron chi connectivity index (χ3n) is 5.76. The third kappa shape index (κ3) is 1.82. The number of hydrogen-bond donors (Lipinski definition) is 1. The molecule has 0 amide bonds. The number of benzene rings is 1. The highest BCUT2D eigenvalue weighted by atomic mass is 16.7. The SMILES string of the molecule is COc1c2c(cc3c1[C@H]1[C@H]4C(=CC[C@H]1O[C@H]3O)CCN4C)OCO2. The van der Waals surface area contributed by atoms with Crippen LogP contribution in [0, 0.1) is 0 Å². The van der Waals surface area contributed by atoms with Crippen LogP contribution < -0.4 is 14.2 Å². The maximum absolute atomic E-state index is 10.5. The smallest absolute Gasteiger partial charge is 0.231 e. The number of aliphatic hydroxyl groups is 1. The van der Waals surface area contributed by atoms with Crippen LogP contribution in [0.2, 0.25) is 0 Å². The molecule has 6 heteroatoms. The third-order valence-corrected chi connectivity index (χ3v) is 5.76. The molecule has 6 nitrogen and oxygen atoms in total. The maximum Gasteiger partial charge on any atom is 0.231 e. The summed E-state index contributed by atoms with van der Waals surface area (Å²) in [5, 5.41) is 10.5. The second-order valence-corrected chi connectivity index (χ2v) is 6.89. The number of rotatable bonds is 1. The van der Waals surface area contributed by atoms with Crippen molar-refractivity contribution in [3.63, 3.8) is 0 Å². The molecular formula is C18H21NO5. The van der Waals surface area contributed by atoms with Crippen LogP contribution in [-0.2, 0) is 4.74 Å². The lowest BCUT2D eigenvalue weighted by molar-refractivity contribution is -0.162. The van der Waals surface area contributed by atoms with Gasteiger partial charge in [-0.05, 0) is 26.0 Å². The molecule has 1 aromatic carbocycles. The summed E-state index contributed by atoms with van der Waals surface area (Å²) in [6, 6.07) is 2.12. The summed E-state index contributed by atoms with van der Waals surface area (Å²) in [6.45, 7) is 1.22. The summed E-state index contributed by atoms with van der Waals surface area (Å²) in [4.78, 5) is 2.37. The van der Waals surface area contributed by atoms with Gasteiger partial charge < -0.3 is 24.1 Å². The average Bonchev–Trinajstić information content (AvgIpc) is 3.20. The molecule has 3 heterocycles. The summed E-state index contributed by atoms with van der Waals surface area (Å²) in [5.41, 5.74) is 3.21. The van der Waals surface area contributed by atoms with E-state index in [9.17, 15) is 5.11 Å². The molecule has 1 aliphatic carbocycles. The van der Waals surface area contributed by atoms with Gasteiger partial charge in [-0.15, -0.1) is 0 Å². The highest BCUT2D eigenvalue weighted by molar-refractivity contribution is 5.63. The molecule has 0 radical (unpaired) electrons. The van der Waals surface area contributed by atoms with Gasteiger partial charge in [0.15, 0.2) is 17.8 Å². The second kappa shape index (κ2) is 5.12. The first kappa shape index (κ1) is 14.6. The van der Waals surface area contributed by atoms with E-state index < -0.39 is 6.29 Å². The minimum absolute atomic E-state index is 0.0592. The normalized spacial score (nSPS) is 33.5. The fourth-order valence-electron chi connectivity index (χ4n) is 4.74. The Balaban J connectivity index is 1.74. The van der Waals surface area contributed by atoms with E-state index in [4.69, 9.17) is 18.9 Å². The quantitative estimate of drug-likeness (QED) is 0.794. The first-order chi connectivity index (χ1) is 11.7. The van der Waals surface area contributed by atoms with Gasteiger partial charge in [0, 0.05) is 29.6 Å². The van der Waals surface area contributed by atoms with E-state index in [-0.39, 0.29) is 24.9 Å². The number of ether oxygens (including phenoxy) is 4. The van der Waals surface area contributed by atoms with Gasteiger partial charge >= 0.3 is 0 Å². The molecule has 0 aromatic heterocycles. The molecule has 128 valence electrons. The summed E-state index contributed by atoms with van der Waals surface area (Å²) in [7, 11) is 3.80. The lowest BCUT2D eigenvalue weighted by Crippen LogP contribution is -2.45. The molecule has 1 aromatic rings. The molecule has 1 fully saturated rings. The number of hydrogen-bond acceptors (Lipinski definition) is 6. The van der Waals surface area contributed by atoms with E-state index in [1.54, 1.807) is 7.11 Å². The van der Waals surface area contributed by atoms with E-state index in [1.165, 1.54) is 5.57 Å². The van der Waals surface area contributed by atoms with Crippen LogP contribution in [0.4, 0.5) is 0 Å². The molecule has 4 aliphatic rings. The Kier molecular flexibility index (Phi) is 3.11. The number of aliphatic hydroxyl groups excluding tert-OH is 1. The molecule has 0 bridgehead atoms. The van der Waals surface area contributed by atoms with Gasteiger partial charge in [0.05, 0.1) is 13.2 Å². The zero-order valence-corrected chi connectivity index (χ0v) is 13.8. The molecule has 0 spiro atoms. The Bertz CT molecular complexity index is 731. The van der Waals surface area contributed by atoms with Crippen molar-refractivity contribution in [2.24, 2.45) is 0 Å². The zero-order chi connectivity index (χ0) is 16.4. The molecule has 0 saturated carbocycles. The lowest BCUT2D eigenvalue weighted by Gasteiger charge is -2.44. The zero-order valence-electron chi connectivity index (χ0n) is 13.8. The van der Waals surface area contributed by atoms with Crippen LogP contribution >= 0.6 is 0 Å². The van der Waals surface area contributed by atoms with E-state index in [0.29, 0.717) is 17.2 Å². The minimum Gasteiger partial charge on any atom is -0.492 e. The van der Waals surface area contributed by atoms with Crippen LogP contribution in [0.3, 0.4) is 0 Å². The van der Waals surface area contributed by atoms with Gasteiger partial charge in [-0.2, -0.15) is 0 Å². The Labute approximate surface area is 140 Å². The Morgan fingerprint density at radius 2 is 2.21 bits per heavy atom. The monoisotopic (exact) mass is 331 g/mol. The van der Waals surface area contributed by atoms with Crippen molar-refractivity contribution in [1.82, 2.24) is 4.90 Å². The van der Waals surface area contributed by atoms with Crippen molar-refractivity contribution in [2.75, 3.05) is 27.5 Å². The van der Waals surface area contributed by atoms with Crippen molar-refractivity contribution >= 4 is 0 Å². The summed E-state index contributed by atoms with van der Waals surface area (Å²) < 4.78 is 22.8. The van der Waals surface area contributed by atoms with Gasteiger partial charge in [-0.25, -0.2) is 0 Å². The summed E-state index contributed by atoms with van der Waals surface area (Å²) in [6.07, 6.45) is 3.17.